The van der Waals surface area contributed by atoms with Crippen molar-refractivity contribution in [3.63, 3.8) is 0 Å². The minimum atomic E-state index is -1.01. The van der Waals surface area contributed by atoms with Crippen LogP contribution in [0.25, 0.3) is 11.1 Å². The van der Waals surface area contributed by atoms with E-state index in [1.807, 2.05) is 26.8 Å². The van der Waals surface area contributed by atoms with Gasteiger partial charge in [0, 0.05) is 5.56 Å². The molecule has 0 radical (unpaired) electrons. The summed E-state index contributed by atoms with van der Waals surface area (Å²) >= 11 is 0. The Kier molecular flexibility index (Phi) is 4.04. The number of carbonyl (C=O) groups excluding carboxylic acids is 1. The van der Waals surface area contributed by atoms with Crippen LogP contribution in [0.3, 0.4) is 0 Å². The van der Waals surface area contributed by atoms with Crippen molar-refractivity contribution in [3.8, 4) is 16.9 Å². The quantitative estimate of drug-likeness (QED) is 0.844. The summed E-state index contributed by atoms with van der Waals surface area (Å²) in [7, 11) is 0. The molecule has 0 bridgehead atoms. The van der Waals surface area contributed by atoms with E-state index in [-0.39, 0.29) is 22.3 Å². The van der Waals surface area contributed by atoms with E-state index in [9.17, 15) is 14.7 Å². The van der Waals surface area contributed by atoms with Crippen molar-refractivity contribution in [1.82, 2.24) is 0 Å². The molecular formula is C18H18O4. The van der Waals surface area contributed by atoms with E-state index in [0.29, 0.717) is 17.4 Å². The number of aromatic carboxylic acids is 1. The lowest BCUT2D eigenvalue weighted by Crippen LogP contribution is -2.11. The molecule has 4 nitrogen and oxygen atoms in total. The molecule has 0 aromatic heterocycles. The van der Waals surface area contributed by atoms with Gasteiger partial charge in [-0.3, -0.25) is 4.79 Å². The van der Waals surface area contributed by atoms with Gasteiger partial charge in [-0.1, -0.05) is 32.9 Å². The Hall–Kier alpha value is -2.62. The van der Waals surface area contributed by atoms with E-state index < -0.39 is 5.97 Å². The molecule has 0 saturated heterocycles. The fourth-order valence-corrected chi connectivity index (χ4v) is 2.19. The first kappa shape index (κ1) is 15.8. The molecule has 0 spiro atoms. The van der Waals surface area contributed by atoms with Gasteiger partial charge in [0.05, 0.1) is 11.1 Å². The summed E-state index contributed by atoms with van der Waals surface area (Å²) in [6, 6.07) is 9.71. The molecule has 0 aliphatic rings. The second-order valence-corrected chi connectivity index (χ2v) is 6.21. The highest BCUT2D eigenvalue weighted by Crippen LogP contribution is 2.36. The largest absolute Gasteiger partial charge is 0.507 e. The van der Waals surface area contributed by atoms with Gasteiger partial charge in [-0.2, -0.15) is 0 Å². The molecule has 2 aromatic rings. The molecule has 2 aromatic carbocycles. The highest BCUT2D eigenvalue weighted by atomic mass is 16.4. The average molecular weight is 298 g/mol. The maximum Gasteiger partial charge on any atom is 0.335 e. The van der Waals surface area contributed by atoms with Crippen LogP contribution in [0.2, 0.25) is 0 Å². The fourth-order valence-electron chi connectivity index (χ4n) is 2.19. The molecule has 0 saturated carbocycles. The lowest BCUT2D eigenvalue weighted by Gasteiger charge is -2.21. The fraction of sp³-hybridized carbons (Fsp3) is 0.222. The van der Waals surface area contributed by atoms with Gasteiger partial charge in [-0.15, -0.1) is 0 Å². The lowest BCUT2D eigenvalue weighted by atomic mass is 9.84. The Bertz CT molecular complexity index is 722. The first-order chi connectivity index (χ1) is 10.2. The van der Waals surface area contributed by atoms with Crippen LogP contribution in [-0.2, 0) is 5.41 Å². The summed E-state index contributed by atoms with van der Waals surface area (Å²) in [5, 5.41) is 19.2. The number of carbonyl (C=O) groups is 2. The molecule has 0 fully saturated rings. The van der Waals surface area contributed by atoms with Crippen molar-refractivity contribution in [2.24, 2.45) is 0 Å². The Morgan fingerprint density at radius 2 is 1.68 bits per heavy atom. The second kappa shape index (κ2) is 5.64. The second-order valence-electron chi connectivity index (χ2n) is 6.21. The van der Waals surface area contributed by atoms with E-state index in [2.05, 4.69) is 0 Å². The van der Waals surface area contributed by atoms with E-state index in [1.165, 1.54) is 12.1 Å². The summed E-state index contributed by atoms with van der Waals surface area (Å²) in [4.78, 5) is 22.1. The van der Waals surface area contributed by atoms with Crippen LogP contribution in [0, 0.1) is 0 Å². The summed E-state index contributed by atoms with van der Waals surface area (Å²) in [5.74, 6) is -1.10. The molecule has 22 heavy (non-hydrogen) atoms. The number of rotatable bonds is 3. The predicted molar refractivity (Wildman–Crippen MR) is 84.6 cm³/mol. The highest BCUT2D eigenvalue weighted by molar-refractivity contribution is 5.90. The van der Waals surface area contributed by atoms with Gasteiger partial charge in [0.1, 0.15) is 5.75 Å². The van der Waals surface area contributed by atoms with Gasteiger partial charge in [0.25, 0.3) is 0 Å². The summed E-state index contributed by atoms with van der Waals surface area (Å²) < 4.78 is 0. The smallest absolute Gasteiger partial charge is 0.335 e. The van der Waals surface area contributed by atoms with Crippen molar-refractivity contribution < 1.29 is 19.8 Å². The molecule has 2 rings (SSSR count). The zero-order chi connectivity index (χ0) is 16.5. The highest BCUT2D eigenvalue weighted by Gasteiger charge is 2.19. The Morgan fingerprint density at radius 1 is 1.09 bits per heavy atom. The van der Waals surface area contributed by atoms with E-state index in [1.54, 1.807) is 18.2 Å². The molecule has 0 heterocycles. The van der Waals surface area contributed by atoms with Gasteiger partial charge in [-0.25, -0.2) is 4.79 Å². The molecule has 0 aliphatic carbocycles. The SMILES string of the molecule is CC(C)(C)c1cc(C=O)c(O)c(-c2ccc(C(=O)O)cc2)c1. The molecule has 114 valence electrons. The van der Waals surface area contributed by atoms with Gasteiger partial charge < -0.3 is 10.2 Å². The first-order valence-electron chi connectivity index (χ1n) is 6.90. The van der Waals surface area contributed by atoms with Crippen LogP contribution in [0.5, 0.6) is 5.75 Å². The third-order valence-electron chi connectivity index (χ3n) is 3.58. The van der Waals surface area contributed by atoms with Crippen molar-refractivity contribution >= 4 is 12.3 Å². The Labute approximate surface area is 129 Å². The topological polar surface area (TPSA) is 74.6 Å². The summed E-state index contributed by atoms with van der Waals surface area (Å²) in [6.07, 6.45) is 0.625. The van der Waals surface area contributed by atoms with Crippen LogP contribution < -0.4 is 0 Å². The predicted octanol–water partition coefficient (Wildman–Crippen LogP) is 3.87. The van der Waals surface area contributed by atoms with Gasteiger partial charge in [0.2, 0.25) is 0 Å². The standard InChI is InChI=1S/C18H18O4/c1-18(2,3)14-8-13(10-19)16(20)15(9-14)11-4-6-12(7-5-11)17(21)22/h4-10,20H,1-3H3,(H,21,22). The number of aromatic hydroxyl groups is 1. The van der Waals surface area contributed by atoms with Crippen molar-refractivity contribution in [2.75, 3.05) is 0 Å². The number of benzene rings is 2. The van der Waals surface area contributed by atoms with Gasteiger partial charge in [0.15, 0.2) is 6.29 Å². The minimum absolute atomic E-state index is 0.0916. The third-order valence-corrected chi connectivity index (χ3v) is 3.58. The van der Waals surface area contributed by atoms with Crippen LogP contribution in [0.1, 0.15) is 47.1 Å². The molecule has 0 unspecified atom stereocenters. The third kappa shape index (κ3) is 3.01. The minimum Gasteiger partial charge on any atom is -0.507 e. The number of phenolic OH excluding ortho intramolecular Hbond substituents is 1. The normalized spacial score (nSPS) is 11.2. The number of hydrogen-bond acceptors (Lipinski definition) is 3. The van der Waals surface area contributed by atoms with Crippen molar-refractivity contribution in [2.45, 2.75) is 26.2 Å². The molecule has 0 atom stereocenters. The average Bonchev–Trinajstić information content (AvgIpc) is 2.46. The maximum atomic E-state index is 11.2. The molecule has 4 heteroatoms. The van der Waals surface area contributed by atoms with E-state index >= 15 is 0 Å². The van der Waals surface area contributed by atoms with E-state index in [0.717, 1.165) is 5.56 Å². The number of carboxylic acids is 1. The number of phenols is 1. The maximum absolute atomic E-state index is 11.2. The number of aldehydes is 1. The van der Waals surface area contributed by atoms with E-state index in [4.69, 9.17) is 5.11 Å². The van der Waals surface area contributed by atoms with Gasteiger partial charge in [-0.05, 0) is 40.8 Å². The summed E-state index contributed by atoms with van der Waals surface area (Å²) in [6.45, 7) is 6.06. The Balaban J connectivity index is 2.63. The van der Waals surface area contributed by atoms with Crippen molar-refractivity contribution in [1.29, 1.82) is 0 Å². The zero-order valence-electron chi connectivity index (χ0n) is 12.8. The molecule has 0 aliphatic heterocycles. The zero-order valence-corrected chi connectivity index (χ0v) is 12.8. The van der Waals surface area contributed by atoms with Crippen LogP contribution in [0.4, 0.5) is 0 Å². The first-order valence-corrected chi connectivity index (χ1v) is 6.90. The van der Waals surface area contributed by atoms with Crippen LogP contribution in [0.15, 0.2) is 36.4 Å². The number of carboxylic acid groups (broad SMARTS) is 1. The molecule has 2 N–H and O–H groups in total. The lowest BCUT2D eigenvalue weighted by molar-refractivity contribution is 0.0696. The van der Waals surface area contributed by atoms with Gasteiger partial charge >= 0.3 is 5.97 Å². The number of hydrogen-bond donors (Lipinski definition) is 2. The van der Waals surface area contributed by atoms with Crippen LogP contribution in [-0.4, -0.2) is 22.5 Å². The monoisotopic (exact) mass is 298 g/mol. The van der Waals surface area contributed by atoms with Crippen molar-refractivity contribution in [3.05, 3.63) is 53.1 Å². The molecule has 0 amide bonds. The van der Waals surface area contributed by atoms with Crippen LogP contribution >= 0.6 is 0 Å². The Morgan fingerprint density at radius 3 is 2.14 bits per heavy atom. The molecular weight excluding hydrogens is 280 g/mol. The summed E-state index contributed by atoms with van der Waals surface area (Å²) in [5.41, 5.74) is 2.32.